The molecule has 9 heteroatoms. The molecule has 3 aromatic rings. The molecule has 0 saturated carbocycles. The highest BCUT2D eigenvalue weighted by atomic mass is 32.2. The summed E-state index contributed by atoms with van der Waals surface area (Å²) in [6.45, 7) is 0. The Morgan fingerprint density at radius 1 is 1.15 bits per heavy atom. The Kier molecular flexibility index (Phi) is 5.69. The van der Waals surface area contributed by atoms with E-state index in [1.165, 1.54) is 18.8 Å². The third-order valence-corrected chi connectivity index (χ3v) is 4.36. The van der Waals surface area contributed by atoms with Gasteiger partial charge >= 0.3 is 6.03 Å². The minimum Gasteiger partial charge on any atom is -0.461 e. The maximum atomic E-state index is 11.7. The summed E-state index contributed by atoms with van der Waals surface area (Å²) in [6.07, 6.45) is 1.76. The topological polar surface area (TPSA) is 102 Å². The maximum Gasteiger partial charge on any atom is 0.321 e. The number of carbonyl (C=O) groups excluding carboxylic acids is 2. The van der Waals surface area contributed by atoms with Gasteiger partial charge in [-0.15, -0.1) is 10.2 Å². The van der Waals surface area contributed by atoms with E-state index < -0.39 is 6.03 Å². The van der Waals surface area contributed by atoms with E-state index in [1.54, 1.807) is 12.3 Å². The molecule has 0 aliphatic heterocycles. The first-order valence-electron chi connectivity index (χ1n) is 7.88. The van der Waals surface area contributed by atoms with Crippen LogP contribution >= 0.6 is 11.8 Å². The Hall–Kier alpha value is -3.07. The molecule has 2 N–H and O–H groups in total. The first-order chi connectivity index (χ1) is 12.7. The average Bonchev–Trinajstić information content (AvgIpc) is 3.31. The van der Waals surface area contributed by atoms with E-state index in [0.717, 1.165) is 5.69 Å². The molecule has 3 rings (SSSR count). The number of amides is 3. The van der Waals surface area contributed by atoms with Crippen molar-refractivity contribution >= 4 is 23.7 Å². The summed E-state index contributed by atoms with van der Waals surface area (Å²) in [7, 11) is 1.45. The first-order valence-corrected chi connectivity index (χ1v) is 8.86. The summed E-state index contributed by atoms with van der Waals surface area (Å²) in [4.78, 5) is 22.8. The van der Waals surface area contributed by atoms with Crippen LogP contribution in [0.1, 0.15) is 6.42 Å². The highest BCUT2D eigenvalue weighted by Crippen LogP contribution is 2.28. The van der Waals surface area contributed by atoms with Gasteiger partial charge in [0.1, 0.15) is 0 Å². The first kappa shape index (κ1) is 17.7. The minimum absolute atomic E-state index is 0.176. The van der Waals surface area contributed by atoms with Crippen molar-refractivity contribution in [3.8, 4) is 17.3 Å². The molecular weight excluding hydrogens is 354 g/mol. The van der Waals surface area contributed by atoms with E-state index >= 15 is 0 Å². The molecule has 8 nitrogen and oxygen atoms in total. The van der Waals surface area contributed by atoms with Crippen molar-refractivity contribution in [3.05, 3.63) is 48.7 Å². The van der Waals surface area contributed by atoms with Gasteiger partial charge in [0.25, 0.3) is 0 Å². The zero-order valence-corrected chi connectivity index (χ0v) is 14.8. The van der Waals surface area contributed by atoms with Gasteiger partial charge in [-0.1, -0.05) is 30.0 Å². The number of imide groups is 1. The van der Waals surface area contributed by atoms with Gasteiger partial charge in [0.05, 0.1) is 6.26 Å². The van der Waals surface area contributed by atoms with E-state index in [-0.39, 0.29) is 12.3 Å². The zero-order valence-electron chi connectivity index (χ0n) is 14.0. The van der Waals surface area contributed by atoms with Crippen LogP contribution in [0.3, 0.4) is 0 Å². The molecule has 0 fully saturated rings. The summed E-state index contributed by atoms with van der Waals surface area (Å²) in [5.74, 6) is 1.28. The third-order valence-electron chi connectivity index (χ3n) is 3.43. The standard InChI is InChI=1S/C17H17N5O3S/c1-18-16(24)19-14(23)9-11-26-17-21-20-15(13-8-5-10-25-13)22(17)12-6-3-2-4-7-12/h2-8,10H,9,11H2,1H3,(H2,18,19,23,24). The lowest BCUT2D eigenvalue weighted by Gasteiger charge is -2.09. The fourth-order valence-electron chi connectivity index (χ4n) is 2.23. The van der Waals surface area contributed by atoms with Crippen LogP contribution in [-0.4, -0.2) is 39.5 Å². The van der Waals surface area contributed by atoms with Crippen LogP contribution in [0.15, 0.2) is 58.3 Å². The Morgan fingerprint density at radius 3 is 2.65 bits per heavy atom. The van der Waals surface area contributed by atoms with Gasteiger partial charge in [-0.2, -0.15) is 0 Å². The number of carbonyl (C=O) groups is 2. The molecule has 0 radical (unpaired) electrons. The van der Waals surface area contributed by atoms with Crippen LogP contribution in [0, 0.1) is 0 Å². The van der Waals surface area contributed by atoms with Gasteiger partial charge in [0, 0.05) is 24.9 Å². The summed E-state index contributed by atoms with van der Waals surface area (Å²) in [5.41, 5.74) is 0.890. The molecule has 0 unspecified atom stereocenters. The molecule has 0 atom stereocenters. The molecule has 26 heavy (non-hydrogen) atoms. The Balaban J connectivity index is 1.77. The number of benzene rings is 1. The molecule has 2 aromatic heterocycles. The lowest BCUT2D eigenvalue weighted by Crippen LogP contribution is -2.37. The van der Waals surface area contributed by atoms with Crippen molar-refractivity contribution in [1.82, 2.24) is 25.4 Å². The van der Waals surface area contributed by atoms with Gasteiger partial charge < -0.3 is 9.73 Å². The molecule has 0 spiro atoms. The minimum atomic E-state index is -0.521. The second-order valence-electron chi connectivity index (χ2n) is 5.18. The lowest BCUT2D eigenvalue weighted by atomic mass is 10.3. The number of urea groups is 1. The SMILES string of the molecule is CNC(=O)NC(=O)CCSc1nnc(-c2ccco2)n1-c1ccccc1. The molecule has 3 amide bonds. The number of nitrogens with one attached hydrogen (secondary N) is 2. The summed E-state index contributed by atoms with van der Waals surface area (Å²) in [6, 6.07) is 12.7. The van der Waals surface area contributed by atoms with Gasteiger partial charge in [-0.25, -0.2) is 4.79 Å². The number of hydrogen-bond donors (Lipinski definition) is 2. The number of thioether (sulfide) groups is 1. The molecule has 1 aromatic carbocycles. The van der Waals surface area contributed by atoms with Gasteiger partial charge in [-0.3, -0.25) is 14.7 Å². The van der Waals surface area contributed by atoms with Crippen molar-refractivity contribution < 1.29 is 14.0 Å². The lowest BCUT2D eigenvalue weighted by molar-refractivity contribution is -0.119. The molecule has 0 aliphatic rings. The second-order valence-corrected chi connectivity index (χ2v) is 6.24. The highest BCUT2D eigenvalue weighted by Gasteiger charge is 2.18. The quantitative estimate of drug-likeness (QED) is 0.646. The van der Waals surface area contributed by atoms with E-state index in [2.05, 4.69) is 20.8 Å². The van der Waals surface area contributed by atoms with Crippen molar-refractivity contribution in [1.29, 1.82) is 0 Å². The summed E-state index contributed by atoms with van der Waals surface area (Å²) < 4.78 is 7.33. The Labute approximate surface area is 154 Å². The summed E-state index contributed by atoms with van der Waals surface area (Å²) >= 11 is 1.38. The molecule has 134 valence electrons. The van der Waals surface area contributed by atoms with E-state index in [1.807, 2.05) is 41.0 Å². The molecule has 0 saturated heterocycles. The Morgan fingerprint density at radius 2 is 1.96 bits per heavy atom. The van der Waals surface area contributed by atoms with E-state index in [9.17, 15) is 9.59 Å². The van der Waals surface area contributed by atoms with Crippen molar-refractivity contribution in [2.45, 2.75) is 11.6 Å². The monoisotopic (exact) mass is 371 g/mol. The fourth-order valence-corrected chi connectivity index (χ4v) is 3.11. The number of hydrogen-bond acceptors (Lipinski definition) is 6. The van der Waals surface area contributed by atoms with Crippen LogP contribution in [-0.2, 0) is 4.79 Å². The Bertz CT molecular complexity index is 877. The van der Waals surface area contributed by atoms with Crippen LogP contribution in [0.2, 0.25) is 0 Å². The predicted octanol–water partition coefficient (Wildman–Crippen LogP) is 2.47. The second kappa shape index (κ2) is 8.34. The van der Waals surface area contributed by atoms with Crippen molar-refractivity contribution in [3.63, 3.8) is 0 Å². The average molecular weight is 371 g/mol. The normalized spacial score (nSPS) is 10.5. The van der Waals surface area contributed by atoms with Gasteiger partial charge in [-0.05, 0) is 24.3 Å². The van der Waals surface area contributed by atoms with Crippen molar-refractivity contribution in [2.24, 2.45) is 0 Å². The van der Waals surface area contributed by atoms with Crippen LogP contribution in [0.4, 0.5) is 4.79 Å². The molecule has 2 heterocycles. The number of rotatable bonds is 6. The fraction of sp³-hybridized carbons (Fsp3) is 0.176. The van der Waals surface area contributed by atoms with Crippen molar-refractivity contribution in [2.75, 3.05) is 12.8 Å². The maximum absolute atomic E-state index is 11.7. The van der Waals surface area contributed by atoms with E-state index in [0.29, 0.717) is 22.5 Å². The smallest absolute Gasteiger partial charge is 0.321 e. The van der Waals surface area contributed by atoms with Gasteiger partial charge in [0.2, 0.25) is 11.7 Å². The highest BCUT2D eigenvalue weighted by molar-refractivity contribution is 7.99. The number of nitrogens with zero attached hydrogens (tertiary/aromatic N) is 3. The predicted molar refractivity (Wildman–Crippen MR) is 97.0 cm³/mol. The molecule has 0 aliphatic carbocycles. The molecular formula is C17H17N5O3S. The largest absolute Gasteiger partial charge is 0.461 e. The van der Waals surface area contributed by atoms with Crippen LogP contribution < -0.4 is 10.6 Å². The van der Waals surface area contributed by atoms with Crippen LogP contribution in [0.5, 0.6) is 0 Å². The van der Waals surface area contributed by atoms with E-state index in [4.69, 9.17) is 4.42 Å². The van der Waals surface area contributed by atoms with Crippen LogP contribution in [0.25, 0.3) is 17.3 Å². The number of aromatic nitrogens is 3. The third kappa shape index (κ3) is 4.12. The van der Waals surface area contributed by atoms with Gasteiger partial charge in [0.15, 0.2) is 10.9 Å². The zero-order chi connectivity index (χ0) is 18.4. The number of para-hydroxylation sites is 1. The summed E-state index contributed by atoms with van der Waals surface area (Å²) in [5, 5.41) is 13.7. The molecule has 0 bridgehead atoms. The number of furan rings is 1.